The van der Waals surface area contributed by atoms with E-state index in [0.717, 1.165) is 5.69 Å². The topological polar surface area (TPSA) is 102 Å². The molecule has 27 heavy (non-hydrogen) atoms. The molecule has 0 aliphatic carbocycles. The molecule has 0 unspecified atom stereocenters. The van der Waals surface area contributed by atoms with Crippen molar-refractivity contribution in [1.82, 2.24) is 9.71 Å². The third-order valence-electron chi connectivity index (χ3n) is 3.78. The van der Waals surface area contributed by atoms with Crippen LogP contribution in [0.5, 0.6) is 5.88 Å². The fourth-order valence-corrected chi connectivity index (χ4v) is 3.52. The Kier molecular flexibility index (Phi) is 5.04. The van der Waals surface area contributed by atoms with Gasteiger partial charge in [-0.3, -0.25) is 4.79 Å². The minimum atomic E-state index is -4.17. The van der Waals surface area contributed by atoms with Gasteiger partial charge in [-0.1, -0.05) is 0 Å². The number of furan rings is 1. The minimum absolute atomic E-state index is 0.0690. The summed E-state index contributed by atoms with van der Waals surface area (Å²) >= 11 is 0. The number of pyridine rings is 1. The van der Waals surface area contributed by atoms with Crippen LogP contribution in [0.4, 0.5) is 5.69 Å². The van der Waals surface area contributed by atoms with Crippen molar-refractivity contribution in [2.75, 3.05) is 25.6 Å². The number of rotatable bonds is 6. The fourth-order valence-electron chi connectivity index (χ4n) is 2.46. The molecule has 3 aromatic rings. The molecule has 142 valence electrons. The van der Waals surface area contributed by atoms with E-state index in [1.54, 1.807) is 19.1 Å². The van der Waals surface area contributed by atoms with Gasteiger partial charge in [0.05, 0.1) is 6.61 Å². The molecule has 9 heteroatoms. The molecule has 0 saturated heterocycles. The van der Waals surface area contributed by atoms with E-state index in [4.69, 9.17) is 9.15 Å². The lowest BCUT2D eigenvalue weighted by atomic mass is 10.2. The number of fused-ring (bicyclic) bond motifs is 1. The molecule has 2 heterocycles. The summed E-state index contributed by atoms with van der Waals surface area (Å²) in [6.45, 7) is 1.95. The average Bonchev–Trinajstić information content (AvgIpc) is 3.05. The number of carbonyl (C=O) groups is 1. The lowest BCUT2D eigenvalue weighted by Gasteiger charge is -2.11. The van der Waals surface area contributed by atoms with Crippen LogP contribution in [0.25, 0.3) is 11.0 Å². The summed E-state index contributed by atoms with van der Waals surface area (Å²) in [6.07, 6.45) is 1.41. The third-order valence-corrected chi connectivity index (χ3v) is 5.12. The number of hydrogen-bond donors (Lipinski definition) is 1. The highest BCUT2D eigenvalue weighted by Crippen LogP contribution is 2.25. The Morgan fingerprint density at radius 1 is 1.26 bits per heavy atom. The SMILES string of the molecule is CCOc1ncccc1S(=O)(=O)NC(=O)c1cc2ccc(N(C)C)cc2o1. The van der Waals surface area contributed by atoms with E-state index in [1.165, 1.54) is 24.4 Å². The van der Waals surface area contributed by atoms with Gasteiger partial charge in [-0.05, 0) is 37.3 Å². The molecule has 0 fully saturated rings. The maximum Gasteiger partial charge on any atom is 0.300 e. The van der Waals surface area contributed by atoms with Gasteiger partial charge in [0, 0.05) is 37.4 Å². The first-order valence-corrected chi connectivity index (χ1v) is 9.66. The van der Waals surface area contributed by atoms with Crippen LogP contribution in [0.1, 0.15) is 17.5 Å². The second-order valence-corrected chi connectivity index (χ2v) is 7.55. The molecule has 0 aliphatic heterocycles. The molecule has 0 spiro atoms. The van der Waals surface area contributed by atoms with E-state index >= 15 is 0 Å². The molecule has 0 radical (unpaired) electrons. The lowest BCUT2D eigenvalue weighted by Crippen LogP contribution is -2.30. The van der Waals surface area contributed by atoms with Crippen LogP contribution < -0.4 is 14.4 Å². The second-order valence-electron chi connectivity index (χ2n) is 5.90. The number of nitrogens with zero attached hydrogens (tertiary/aromatic N) is 2. The molecule has 0 saturated carbocycles. The highest BCUT2D eigenvalue weighted by Gasteiger charge is 2.25. The zero-order valence-electron chi connectivity index (χ0n) is 15.1. The number of hydrogen-bond acceptors (Lipinski definition) is 7. The van der Waals surface area contributed by atoms with Crippen LogP contribution >= 0.6 is 0 Å². The Balaban J connectivity index is 1.89. The number of sulfonamides is 1. The van der Waals surface area contributed by atoms with Crippen LogP contribution in [0.2, 0.25) is 0 Å². The Morgan fingerprint density at radius 3 is 2.74 bits per heavy atom. The second kappa shape index (κ2) is 7.28. The number of ether oxygens (including phenoxy) is 1. The normalized spacial score (nSPS) is 11.4. The van der Waals surface area contributed by atoms with Crippen LogP contribution in [0, 0.1) is 0 Å². The molecule has 0 aliphatic rings. The smallest absolute Gasteiger partial charge is 0.300 e. The predicted octanol–water partition coefficient (Wildman–Crippen LogP) is 2.41. The summed E-state index contributed by atoms with van der Waals surface area (Å²) in [5, 5.41) is 0.694. The number of amides is 1. The van der Waals surface area contributed by atoms with Crippen LogP contribution in [0.3, 0.4) is 0 Å². The molecule has 0 atom stereocenters. The molecule has 2 aromatic heterocycles. The molecule has 1 aromatic carbocycles. The highest BCUT2D eigenvalue weighted by atomic mass is 32.2. The van der Waals surface area contributed by atoms with E-state index in [-0.39, 0.29) is 23.1 Å². The summed E-state index contributed by atoms with van der Waals surface area (Å²) in [5.74, 6) is -1.05. The molecule has 1 N–H and O–H groups in total. The van der Waals surface area contributed by atoms with Crippen LogP contribution in [-0.2, 0) is 10.0 Å². The number of anilines is 1. The van der Waals surface area contributed by atoms with Crippen molar-refractivity contribution in [3.63, 3.8) is 0 Å². The van der Waals surface area contributed by atoms with E-state index < -0.39 is 15.9 Å². The zero-order chi connectivity index (χ0) is 19.6. The minimum Gasteiger partial charge on any atom is -0.477 e. The summed E-state index contributed by atoms with van der Waals surface area (Å²) in [5.41, 5.74) is 1.38. The monoisotopic (exact) mass is 389 g/mol. The molecule has 3 rings (SSSR count). The molecular weight excluding hydrogens is 370 g/mol. The number of carbonyl (C=O) groups excluding carboxylic acids is 1. The van der Waals surface area contributed by atoms with Crippen molar-refractivity contribution in [2.45, 2.75) is 11.8 Å². The summed E-state index contributed by atoms with van der Waals surface area (Å²) < 4.78 is 37.9. The zero-order valence-corrected chi connectivity index (χ0v) is 15.9. The first-order valence-electron chi connectivity index (χ1n) is 8.17. The van der Waals surface area contributed by atoms with Crippen molar-refractivity contribution in [1.29, 1.82) is 0 Å². The van der Waals surface area contributed by atoms with E-state index in [2.05, 4.69) is 4.98 Å². The van der Waals surface area contributed by atoms with E-state index in [9.17, 15) is 13.2 Å². The van der Waals surface area contributed by atoms with Gasteiger partial charge in [0.1, 0.15) is 10.5 Å². The highest BCUT2D eigenvalue weighted by molar-refractivity contribution is 7.90. The van der Waals surface area contributed by atoms with E-state index in [1.807, 2.05) is 29.8 Å². The third kappa shape index (κ3) is 3.87. The Labute approximate surface area is 156 Å². The van der Waals surface area contributed by atoms with Gasteiger partial charge < -0.3 is 14.1 Å². The van der Waals surface area contributed by atoms with Crippen molar-refractivity contribution >= 4 is 32.6 Å². The fraction of sp³-hybridized carbons (Fsp3) is 0.222. The van der Waals surface area contributed by atoms with Crippen molar-refractivity contribution in [3.05, 3.63) is 48.4 Å². The van der Waals surface area contributed by atoms with Gasteiger partial charge in [0.15, 0.2) is 5.76 Å². The van der Waals surface area contributed by atoms with Crippen molar-refractivity contribution < 1.29 is 22.4 Å². The Hall–Kier alpha value is -3.07. The van der Waals surface area contributed by atoms with Crippen LogP contribution in [0.15, 0.2) is 51.9 Å². The van der Waals surface area contributed by atoms with Gasteiger partial charge in [-0.2, -0.15) is 0 Å². The van der Waals surface area contributed by atoms with Crippen molar-refractivity contribution in [3.8, 4) is 5.88 Å². The molecule has 0 bridgehead atoms. The maximum atomic E-state index is 12.6. The number of aromatic nitrogens is 1. The van der Waals surface area contributed by atoms with Gasteiger partial charge in [0.25, 0.3) is 10.0 Å². The van der Waals surface area contributed by atoms with Gasteiger partial charge in [-0.15, -0.1) is 0 Å². The molecular formula is C18H19N3O5S. The van der Waals surface area contributed by atoms with Gasteiger partial charge >= 0.3 is 5.91 Å². The van der Waals surface area contributed by atoms with Gasteiger partial charge in [0.2, 0.25) is 5.88 Å². The Bertz CT molecular complexity index is 1090. The predicted molar refractivity (Wildman–Crippen MR) is 101 cm³/mol. The van der Waals surface area contributed by atoms with Gasteiger partial charge in [-0.25, -0.2) is 18.1 Å². The van der Waals surface area contributed by atoms with E-state index in [0.29, 0.717) is 11.0 Å². The largest absolute Gasteiger partial charge is 0.477 e. The molecule has 8 nitrogen and oxygen atoms in total. The summed E-state index contributed by atoms with van der Waals surface area (Å²) in [6, 6.07) is 9.70. The summed E-state index contributed by atoms with van der Waals surface area (Å²) in [7, 11) is -0.409. The number of nitrogens with one attached hydrogen (secondary N) is 1. The summed E-state index contributed by atoms with van der Waals surface area (Å²) in [4.78, 5) is 18.0. The average molecular weight is 389 g/mol. The molecule has 1 amide bonds. The number of benzene rings is 1. The Morgan fingerprint density at radius 2 is 2.04 bits per heavy atom. The first kappa shape index (κ1) is 18.7. The maximum absolute atomic E-state index is 12.6. The quantitative estimate of drug-likeness (QED) is 0.691. The first-order chi connectivity index (χ1) is 12.8. The van der Waals surface area contributed by atoms with Crippen molar-refractivity contribution in [2.24, 2.45) is 0 Å². The standard InChI is InChI=1S/C18H19N3O5S/c1-4-25-18-16(6-5-9-19-18)27(23,24)20-17(22)15-10-12-7-8-13(21(2)3)11-14(12)26-15/h5-11H,4H2,1-3H3,(H,20,22). The van der Waals surface area contributed by atoms with Crippen LogP contribution in [-0.4, -0.2) is 40.0 Å². The lowest BCUT2D eigenvalue weighted by molar-refractivity contribution is 0.0956.